The molecule has 0 aliphatic carbocycles. The third-order valence-electron chi connectivity index (χ3n) is 4.24. The molecular formula is C17H22N4O6. The predicted molar refractivity (Wildman–Crippen MR) is 91.9 cm³/mol. The Morgan fingerprint density at radius 2 is 1.67 bits per heavy atom. The number of carbonyl (C=O) groups is 5. The fraction of sp³-hybridized carbons (Fsp3) is 0.471. The first-order valence-corrected chi connectivity index (χ1v) is 8.51. The fourth-order valence-electron chi connectivity index (χ4n) is 2.61. The summed E-state index contributed by atoms with van der Waals surface area (Å²) in [5, 5.41) is 0. The molecule has 0 unspecified atom stereocenters. The molecule has 0 bridgehead atoms. The summed E-state index contributed by atoms with van der Waals surface area (Å²) in [5.41, 5.74) is 0. The van der Waals surface area contributed by atoms with E-state index in [1.807, 2.05) is 13.8 Å². The monoisotopic (exact) mass is 378 g/mol. The molecule has 10 nitrogen and oxygen atoms in total. The van der Waals surface area contributed by atoms with E-state index in [-0.39, 0.29) is 19.0 Å². The molecule has 1 aromatic rings. The zero-order chi connectivity index (χ0) is 20.1. The largest absolute Gasteiger partial charge is 0.467 e. The number of carbonyl (C=O) groups excluding carboxylic acids is 5. The summed E-state index contributed by atoms with van der Waals surface area (Å²) in [6.45, 7) is 3.68. The molecule has 1 aliphatic heterocycles. The highest BCUT2D eigenvalue weighted by Gasteiger charge is 2.45. The number of amides is 6. The van der Waals surface area contributed by atoms with Gasteiger partial charge < -0.3 is 14.2 Å². The number of urea groups is 1. The summed E-state index contributed by atoms with van der Waals surface area (Å²) >= 11 is 0. The topological polar surface area (TPSA) is 111 Å². The molecule has 1 saturated heterocycles. The molecule has 0 radical (unpaired) electrons. The molecule has 10 heteroatoms. The highest BCUT2D eigenvalue weighted by molar-refractivity contribution is 6.44. The maximum atomic E-state index is 12.4. The van der Waals surface area contributed by atoms with Crippen molar-refractivity contribution in [2.45, 2.75) is 20.4 Å². The van der Waals surface area contributed by atoms with Crippen LogP contribution in [0.5, 0.6) is 0 Å². The normalized spacial score (nSPS) is 14.1. The van der Waals surface area contributed by atoms with Crippen molar-refractivity contribution in [3.8, 4) is 0 Å². The fourth-order valence-corrected chi connectivity index (χ4v) is 2.61. The molecular weight excluding hydrogens is 356 g/mol. The van der Waals surface area contributed by atoms with Crippen molar-refractivity contribution >= 4 is 29.7 Å². The first-order valence-electron chi connectivity index (χ1n) is 8.51. The molecule has 0 spiro atoms. The quantitative estimate of drug-likeness (QED) is 0.461. The zero-order valence-corrected chi connectivity index (χ0v) is 15.5. The van der Waals surface area contributed by atoms with Crippen LogP contribution in [-0.4, -0.2) is 82.5 Å². The molecule has 2 heterocycles. The average Bonchev–Trinajstić information content (AvgIpc) is 3.22. The second-order valence-corrected chi connectivity index (χ2v) is 5.96. The number of nitrogens with zero attached hydrogens (tertiary/aromatic N) is 4. The maximum Gasteiger partial charge on any atom is 0.335 e. The van der Waals surface area contributed by atoms with Crippen LogP contribution in [-0.2, 0) is 25.7 Å². The molecule has 1 aliphatic rings. The van der Waals surface area contributed by atoms with Gasteiger partial charge in [-0.05, 0) is 26.0 Å². The van der Waals surface area contributed by atoms with Crippen LogP contribution in [0.2, 0.25) is 0 Å². The van der Waals surface area contributed by atoms with Crippen LogP contribution in [0.15, 0.2) is 22.8 Å². The molecule has 0 atom stereocenters. The van der Waals surface area contributed by atoms with Gasteiger partial charge in [-0.1, -0.05) is 0 Å². The van der Waals surface area contributed by atoms with Gasteiger partial charge in [0.05, 0.1) is 19.4 Å². The molecule has 6 amide bonds. The van der Waals surface area contributed by atoms with Crippen LogP contribution < -0.4 is 0 Å². The number of likely N-dealkylation sites (N-methyl/N-ethyl adjacent to an activating group) is 2. The van der Waals surface area contributed by atoms with Gasteiger partial charge >= 0.3 is 17.8 Å². The van der Waals surface area contributed by atoms with Gasteiger partial charge in [0.25, 0.3) is 0 Å². The summed E-state index contributed by atoms with van der Waals surface area (Å²) < 4.78 is 5.08. The van der Waals surface area contributed by atoms with Gasteiger partial charge in [-0.25, -0.2) is 14.6 Å². The van der Waals surface area contributed by atoms with Crippen molar-refractivity contribution in [1.82, 2.24) is 19.6 Å². The maximum absolute atomic E-state index is 12.4. The third-order valence-corrected chi connectivity index (χ3v) is 4.24. The van der Waals surface area contributed by atoms with Crippen LogP contribution in [0.3, 0.4) is 0 Å². The molecule has 1 aromatic heterocycles. The molecule has 0 N–H and O–H groups in total. The summed E-state index contributed by atoms with van der Waals surface area (Å²) in [6.07, 6.45) is 1.38. The van der Waals surface area contributed by atoms with Crippen molar-refractivity contribution in [1.29, 1.82) is 0 Å². The van der Waals surface area contributed by atoms with Gasteiger partial charge in [-0.2, -0.15) is 0 Å². The van der Waals surface area contributed by atoms with E-state index in [1.54, 1.807) is 17.0 Å². The van der Waals surface area contributed by atoms with Crippen LogP contribution in [0.25, 0.3) is 0 Å². The minimum Gasteiger partial charge on any atom is -0.467 e. The summed E-state index contributed by atoms with van der Waals surface area (Å²) in [6, 6.07) is 2.26. The van der Waals surface area contributed by atoms with Crippen LogP contribution in [0.4, 0.5) is 4.79 Å². The summed E-state index contributed by atoms with van der Waals surface area (Å²) in [5.74, 6) is -2.63. The van der Waals surface area contributed by atoms with Gasteiger partial charge in [0, 0.05) is 20.1 Å². The Balaban J connectivity index is 2.00. The average molecular weight is 378 g/mol. The SMILES string of the molecule is CCN(CC)C(=O)CN(C)C(=O)CN1C(=O)C(=O)N(Cc2ccco2)C1=O. The van der Waals surface area contributed by atoms with E-state index in [0.29, 0.717) is 23.7 Å². The number of hydrogen-bond donors (Lipinski definition) is 0. The van der Waals surface area contributed by atoms with Crippen molar-refractivity contribution in [3.63, 3.8) is 0 Å². The minimum atomic E-state index is -1.08. The zero-order valence-electron chi connectivity index (χ0n) is 15.5. The van der Waals surface area contributed by atoms with E-state index in [1.165, 1.54) is 13.3 Å². The standard InChI is InChI=1S/C17H22N4O6/c1-4-19(5-2)14(23)10-18(3)13(22)11-21-16(25)15(24)20(17(21)26)9-12-7-6-8-27-12/h6-8H,4-5,9-11H2,1-3H3. The third kappa shape index (κ3) is 4.33. The number of furan rings is 1. The highest BCUT2D eigenvalue weighted by atomic mass is 16.3. The van der Waals surface area contributed by atoms with E-state index < -0.39 is 30.3 Å². The van der Waals surface area contributed by atoms with Crippen LogP contribution >= 0.6 is 0 Å². The summed E-state index contributed by atoms with van der Waals surface area (Å²) in [4.78, 5) is 64.8. The minimum absolute atomic E-state index is 0.180. The lowest BCUT2D eigenvalue weighted by molar-refractivity contribution is -0.145. The first kappa shape index (κ1) is 20.1. The number of rotatable bonds is 8. The molecule has 0 saturated carbocycles. The Kier molecular flexibility index (Phi) is 6.32. The van der Waals surface area contributed by atoms with E-state index >= 15 is 0 Å². The van der Waals surface area contributed by atoms with Crippen LogP contribution in [0.1, 0.15) is 19.6 Å². The van der Waals surface area contributed by atoms with Crippen molar-refractivity contribution in [3.05, 3.63) is 24.2 Å². The Bertz CT molecular complexity index is 741. The highest BCUT2D eigenvalue weighted by Crippen LogP contribution is 2.16. The molecule has 27 heavy (non-hydrogen) atoms. The van der Waals surface area contributed by atoms with E-state index in [2.05, 4.69) is 0 Å². The van der Waals surface area contributed by atoms with Gasteiger partial charge in [0.15, 0.2) is 0 Å². The molecule has 2 rings (SSSR count). The second-order valence-electron chi connectivity index (χ2n) is 5.96. The van der Waals surface area contributed by atoms with Crippen LogP contribution in [0, 0.1) is 0 Å². The van der Waals surface area contributed by atoms with Crippen molar-refractivity contribution in [2.75, 3.05) is 33.2 Å². The van der Waals surface area contributed by atoms with Gasteiger partial charge in [0.2, 0.25) is 11.8 Å². The molecule has 146 valence electrons. The Morgan fingerprint density at radius 1 is 1.04 bits per heavy atom. The smallest absolute Gasteiger partial charge is 0.335 e. The Morgan fingerprint density at radius 3 is 2.22 bits per heavy atom. The predicted octanol–water partition coefficient (Wildman–Crippen LogP) is -0.103. The summed E-state index contributed by atoms with van der Waals surface area (Å²) in [7, 11) is 1.40. The van der Waals surface area contributed by atoms with E-state index in [9.17, 15) is 24.0 Å². The molecule has 0 aromatic carbocycles. The van der Waals surface area contributed by atoms with Gasteiger partial charge in [0.1, 0.15) is 12.3 Å². The lowest BCUT2D eigenvalue weighted by Gasteiger charge is -2.24. The Hall–Kier alpha value is -3.17. The van der Waals surface area contributed by atoms with Crippen molar-refractivity contribution in [2.24, 2.45) is 0 Å². The lowest BCUT2D eigenvalue weighted by atomic mass is 10.4. The van der Waals surface area contributed by atoms with Gasteiger partial charge in [-0.15, -0.1) is 0 Å². The van der Waals surface area contributed by atoms with E-state index in [0.717, 1.165) is 9.80 Å². The lowest BCUT2D eigenvalue weighted by Crippen LogP contribution is -2.46. The Labute approximate surface area is 156 Å². The number of imide groups is 2. The van der Waals surface area contributed by atoms with Crippen molar-refractivity contribution < 1.29 is 28.4 Å². The second kappa shape index (κ2) is 8.47. The van der Waals surface area contributed by atoms with E-state index in [4.69, 9.17) is 4.42 Å². The molecule has 1 fully saturated rings. The number of hydrogen-bond acceptors (Lipinski definition) is 6. The van der Waals surface area contributed by atoms with Gasteiger partial charge in [-0.3, -0.25) is 19.2 Å². The first-order chi connectivity index (χ1) is 12.8.